The molecule has 7 heteroatoms. The molecule has 0 bridgehead atoms. The van der Waals surface area contributed by atoms with Gasteiger partial charge in [-0.3, -0.25) is 4.98 Å². The molecule has 0 saturated carbocycles. The largest absolute Gasteiger partial charge is 0.389 e. The summed E-state index contributed by atoms with van der Waals surface area (Å²) in [6.45, 7) is 3.54. The fourth-order valence-electron chi connectivity index (χ4n) is 3.31. The molecule has 0 spiro atoms. The number of rotatable bonds is 7. The summed E-state index contributed by atoms with van der Waals surface area (Å²) in [6.07, 6.45) is 4.48. The summed E-state index contributed by atoms with van der Waals surface area (Å²) >= 11 is 0. The van der Waals surface area contributed by atoms with Crippen molar-refractivity contribution >= 4 is 11.8 Å². The van der Waals surface area contributed by atoms with E-state index in [4.69, 9.17) is 9.72 Å². The van der Waals surface area contributed by atoms with Crippen LogP contribution in [0.25, 0.3) is 0 Å². The number of aliphatic hydroxyl groups excluding tert-OH is 1. The van der Waals surface area contributed by atoms with Gasteiger partial charge < -0.3 is 20.1 Å². The van der Waals surface area contributed by atoms with Crippen LogP contribution in [0.15, 0.2) is 30.5 Å². The van der Waals surface area contributed by atoms with Crippen LogP contribution in [0.2, 0.25) is 0 Å². The Morgan fingerprint density at radius 3 is 2.92 bits per heavy atom. The van der Waals surface area contributed by atoms with Crippen molar-refractivity contribution in [2.75, 3.05) is 43.1 Å². The maximum atomic E-state index is 9.57. The van der Waals surface area contributed by atoms with Crippen LogP contribution in [-0.4, -0.2) is 59.0 Å². The fraction of sp³-hybridized carbons (Fsp3) is 0.526. The van der Waals surface area contributed by atoms with E-state index in [9.17, 15) is 5.11 Å². The molecule has 2 saturated heterocycles. The Morgan fingerprint density at radius 2 is 2.19 bits per heavy atom. The van der Waals surface area contributed by atoms with Crippen LogP contribution in [0.4, 0.5) is 11.8 Å². The van der Waals surface area contributed by atoms with Gasteiger partial charge in [-0.05, 0) is 31.4 Å². The Kier molecular flexibility index (Phi) is 5.26. The quantitative estimate of drug-likeness (QED) is 0.730. The van der Waals surface area contributed by atoms with Crippen LogP contribution in [0, 0.1) is 0 Å². The van der Waals surface area contributed by atoms with Gasteiger partial charge in [0.25, 0.3) is 0 Å². The lowest BCUT2D eigenvalue weighted by Crippen LogP contribution is -2.51. The lowest BCUT2D eigenvalue weighted by molar-refractivity contribution is 0.140. The number of nitrogens with one attached hydrogen (secondary N) is 1. The van der Waals surface area contributed by atoms with Crippen molar-refractivity contribution in [2.45, 2.75) is 31.3 Å². The predicted octanol–water partition coefficient (Wildman–Crippen LogP) is 1.60. The molecule has 1 atom stereocenters. The molecule has 4 heterocycles. The molecule has 2 aliphatic heterocycles. The van der Waals surface area contributed by atoms with Crippen molar-refractivity contribution in [3.63, 3.8) is 0 Å². The molecule has 0 unspecified atom stereocenters. The molecule has 7 nitrogen and oxygen atoms in total. The fourth-order valence-corrected chi connectivity index (χ4v) is 3.31. The van der Waals surface area contributed by atoms with Crippen molar-refractivity contribution < 1.29 is 9.84 Å². The molecule has 2 aromatic heterocycles. The third kappa shape index (κ3) is 4.11. The average molecular weight is 355 g/mol. The van der Waals surface area contributed by atoms with Gasteiger partial charge in [0.05, 0.1) is 18.4 Å². The summed E-state index contributed by atoms with van der Waals surface area (Å²) in [5.41, 5.74) is 2.14. The first-order chi connectivity index (χ1) is 12.8. The second kappa shape index (κ2) is 7.97. The van der Waals surface area contributed by atoms with E-state index in [1.807, 2.05) is 29.3 Å². The lowest BCUT2D eigenvalue weighted by Gasteiger charge is -2.36. The molecule has 2 fully saturated rings. The standard InChI is InChI=1S/C19H25N5O2/c25-16-11-24(12-16)19-22-17(14-6-9-26-13-14)10-18(23-19)21-8-3-5-15-4-1-2-7-20-15/h1-2,4,7,10,14,16,25H,3,5-6,8-9,11-13H2,(H,21,22,23)/t14-/m0/s1. The van der Waals surface area contributed by atoms with Crippen LogP contribution >= 0.6 is 0 Å². The second-order valence-electron chi connectivity index (χ2n) is 6.95. The van der Waals surface area contributed by atoms with Crippen LogP contribution in [-0.2, 0) is 11.2 Å². The third-order valence-electron chi connectivity index (χ3n) is 4.87. The second-order valence-corrected chi connectivity index (χ2v) is 6.95. The topological polar surface area (TPSA) is 83.4 Å². The maximum Gasteiger partial charge on any atom is 0.227 e. The zero-order valence-electron chi connectivity index (χ0n) is 14.8. The van der Waals surface area contributed by atoms with Crippen molar-refractivity contribution in [2.24, 2.45) is 0 Å². The first-order valence-corrected chi connectivity index (χ1v) is 9.31. The van der Waals surface area contributed by atoms with Crippen molar-refractivity contribution in [3.05, 3.63) is 41.9 Å². The molecule has 4 rings (SSSR count). The first-order valence-electron chi connectivity index (χ1n) is 9.31. The number of β-amino-alcohol motifs (C(OH)–C–C–N with tert-alkyl or cyclic N) is 1. The Balaban J connectivity index is 1.40. The zero-order chi connectivity index (χ0) is 17.8. The summed E-state index contributed by atoms with van der Waals surface area (Å²) < 4.78 is 5.52. The number of hydrogen-bond donors (Lipinski definition) is 2. The number of ether oxygens (including phenoxy) is 1. The van der Waals surface area contributed by atoms with Crippen molar-refractivity contribution in [1.29, 1.82) is 0 Å². The van der Waals surface area contributed by atoms with Crippen LogP contribution in [0.5, 0.6) is 0 Å². The summed E-state index contributed by atoms with van der Waals surface area (Å²) in [6, 6.07) is 8.05. The van der Waals surface area contributed by atoms with Gasteiger partial charge in [0, 0.05) is 50.1 Å². The SMILES string of the molecule is OC1CN(c2nc(NCCCc3ccccn3)cc([C@H]3CCOC3)n2)C1. The first kappa shape index (κ1) is 17.2. The van der Waals surface area contributed by atoms with Gasteiger partial charge in [-0.1, -0.05) is 6.07 Å². The highest BCUT2D eigenvalue weighted by atomic mass is 16.5. The molecule has 26 heavy (non-hydrogen) atoms. The molecular formula is C19H25N5O2. The highest BCUT2D eigenvalue weighted by Crippen LogP contribution is 2.28. The highest BCUT2D eigenvalue weighted by Gasteiger charge is 2.28. The van der Waals surface area contributed by atoms with E-state index in [2.05, 4.69) is 21.4 Å². The molecule has 138 valence electrons. The van der Waals surface area contributed by atoms with E-state index < -0.39 is 0 Å². The van der Waals surface area contributed by atoms with Crippen molar-refractivity contribution in [1.82, 2.24) is 15.0 Å². The lowest BCUT2D eigenvalue weighted by atomic mass is 10.0. The number of aryl methyl sites for hydroxylation is 1. The Morgan fingerprint density at radius 1 is 1.27 bits per heavy atom. The van der Waals surface area contributed by atoms with Crippen LogP contribution in [0.1, 0.15) is 30.1 Å². The molecular weight excluding hydrogens is 330 g/mol. The van der Waals surface area contributed by atoms with Gasteiger partial charge >= 0.3 is 0 Å². The summed E-state index contributed by atoms with van der Waals surface area (Å²) in [5, 5.41) is 13.0. The van der Waals surface area contributed by atoms with Gasteiger partial charge in [0.1, 0.15) is 5.82 Å². The van der Waals surface area contributed by atoms with Gasteiger partial charge in [0.2, 0.25) is 5.95 Å². The minimum atomic E-state index is -0.271. The van der Waals surface area contributed by atoms with Gasteiger partial charge in [-0.25, -0.2) is 4.98 Å². The molecule has 0 aliphatic carbocycles. The van der Waals surface area contributed by atoms with Gasteiger partial charge in [0.15, 0.2) is 0 Å². The summed E-state index contributed by atoms with van der Waals surface area (Å²) in [4.78, 5) is 15.7. The molecule has 0 radical (unpaired) electrons. The zero-order valence-corrected chi connectivity index (χ0v) is 14.8. The molecule has 2 aromatic rings. The van der Waals surface area contributed by atoms with E-state index in [0.29, 0.717) is 25.0 Å². The number of nitrogens with zero attached hydrogens (tertiary/aromatic N) is 4. The van der Waals surface area contributed by atoms with Crippen LogP contribution in [0.3, 0.4) is 0 Å². The number of anilines is 2. The minimum absolute atomic E-state index is 0.271. The normalized spacial score (nSPS) is 20.2. The predicted molar refractivity (Wildman–Crippen MR) is 99.5 cm³/mol. The molecule has 0 amide bonds. The van der Waals surface area contributed by atoms with Crippen molar-refractivity contribution in [3.8, 4) is 0 Å². The average Bonchev–Trinajstić information content (AvgIpc) is 3.18. The van der Waals surface area contributed by atoms with E-state index in [1.165, 1.54) is 0 Å². The third-order valence-corrected chi connectivity index (χ3v) is 4.87. The van der Waals surface area contributed by atoms with E-state index >= 15 is 0 Å². The van der Waals surface area contributed by atoms with Crippen LogP contribution < -0.4 is 10.2 Å². The van der Waals surface area contributed by atoms with E-state index in [1.54, 1.807) is 0 Å². The highest BCUT2D eigenvalue weighted by molar-refractivity contribution is 5.46. The maximum absolute atomic E-state index is 9.57. The Hall–Kier alpha value is -2.25. The number of hydrogen-bond acceptors (Lipinski definition) is 7. The number of pyridine rings is 1. The van der Waals surface area contributed by atoms with E-state index in [0.717, 1.165) is 56.2 Å². The Bertz CT molecular complexity index is 715. The molecule has 2 N–H and O–H groups in total. The minimum Gasteiger partial charge on any atom is -0.389 e. The van der Waals surface area contributed by atoms with Gasteiger partial charge in [-0.15, -0.1) is 0 Å². The van der Waals surface area contributed by atoms with E-state index in [-0.39, 0.29) is 6.10 Å². The van der Waals surface area contributed by atoms with Gasteiger partial charge in [-0.2, -0.15) is 4.98 Å². The molecule has 2 aliphatic rings. The monoisotopic (exact) mass is 355 g/mol. The summed E-state index contributed by atoms with van der Waals surface area (Å²) in [7, 11) is 0. The number of aromatic nitrogens is 3. The summed E-state index contributed by atoms with van der Waals surface area (Å²) in [5.74, 6) is 1.88. The smallest absolute Gasteiger partial charge is 0.227 e. The molecule has 0 aromatic carbocycles. The number of aliphatic hydroxyl groups is 1. The Labute approximate surface area is 153 Å².